The summed E-state index contributed by atoms with van der Waals surface area (Å²) in [5.74, 6) is 0. The number of ether oxygens (including phenoxy) is 1. The molecule has 1 aliphatic rings. The quantitative estimate of drug-likeness (QED) is 0.742. The molecule has 1 saturated heterocycles. The van der Waals surface area contributed by atoms with Crippen LogP contribution < -0.4 is 0 Å². The van der Waals surface area contributed by atoms with Gasteiger partial charge in [-0.3, -0.25) is 4.90 Å². The van der Waals surface area contributed by atoms with Crippen LogP contribution in [0.1, 0.15) is 24.6 Å². The van der Waals surface area contributed by atoms with Crippen molar-refractivity contribution in [1.82, 2.24) is 9.88 Å². The number of carbonyl (C=O) groups excluding carboxylic acids is 1. The van der Waals surface area contributed by atoms with Crippen LogP contribution in [0.2, 0.25) is 0 Å². The first kappa shape index (κ1) is 9.12. The molecule has 4 heteroatoms. The normalized spacial score (nSPS) is 21.2. The van der Waals surface area contributed by atoms with Gasteiger partial charge in [-0.2, -0.15) is 0 Å². The second kappa shape index (κ2) is 3.74. The highest BCUT2D eigenvalue weighted by Gasteiger charge is 2.30. The fraction of sp³-hybridized carbons (Fsp3) is 0.500. The van der Waals surface area contributed by atoms with Crippen molar-refractivity contribution in [3.8, 4) is 0 Å². The average molecular weight is 194 g/mol. The van der Waals surface area contributed by atoms with E-state index in [-0.39, 0.29) is 12.1 Å². The zero-order chi connectivity index (χ0) is 9.97. The van der Waals surface area contributed by atoms with Gasteiger partial charge in [-0.1, -0.05) is 0 Å². The second-order valence-electron chi connectivity index (χ2n) is 3.45. The maximum atomic E-state index is 11.4. The summed E-state index contributed by atoms with van der Waals surface area (Å²) in [5, 5.41) is 0. The van der Waals surface area contributed by atoms with Crippen molar-refractivity contribution in [2.75, 3.05) is 13.7 Å². The number of hydrogen-bond acceptors (Lipinski definition) is 2. The van der Waals surface area contributed by atoms with E-state index in [1.165, 1.54) is 7.11 Å². The third-order valence-electron chi connectivity index (χ3n) is 2.64. The summed E-state index contributed by atoms with van der Waals surface area (Å²) in [6.07, 6.45) is 3.69. The Kier molecular flexibility index (Phi) is 2.43. The average Bonchev–Trinajstić information content (AvgIpc) is 2.85. The molecule has 1 unspecified atom stereocenters. The van der Waals surface area contributed by atoms with Gasteiger partial charge in [-0.05, 0) is 25.0 Å². The van der Waals surface area contributed by atoms with Gasteiger partial charge < -0.3 is 9.72 Å². The van der Waals surface area contributed by atoms with Crippen LogP contribution in [0.3, 0.4) is 0 Å². The van der Waals surface area contributed by atoms with Gasteiger partial charge in [0.15, 0.2) is 0 Å². The number of aromatic nitrogens is 1. The summed E-state index contributed by atoms with van der Waals surface area (Å²) in [4.78, 5) is 16.3. The molecular weight excluding hydrogens is 180 g/mol. The minimum Gasteiger partial charge on any atom is -0.453 e. The lowest BCUT2D eigenvalue weighted by Gasteiger charge is -2.22. The van der Waals surface area contributed by atoms with Crippen molar-refractivity contribution in [3.05, 3.63) is 24.0 Å². The number of H-pyrrole nitrogens is 1. The van der Waals surface area contributed by atoms with E-state index in [1.807, 2.05) is 18.3 Å². The molecule has 1 aromatic rings. The van der Waals surface area contributed by atoms with Crippen molar-refractivity contribution in [2.45, 2.75) is 18.9 Å². The molecule has 4 nitrogen and oxygen atoms in total. The Balaban J connectivity index is 2.15. The smallest absolute Gasteiger partial charge is 0.410 e. The third kappa shape index (κ3) is 1.47. The van der Waals surface area contributed by atoms with E-state index in [0.29, 0.717) is 0 Å². The van der Waals surface area contributed by atoms with Crippen LogP contribution in [0, 0.1) is 0 Å². The van der Waals surface area contributed by atoms with Gasteiger partial charge in [0.2, 0.25) is 0 Å². The zero-order valence-electron chi connectivity index (χ0n) is 8.19. The number of amides is 1. The number of aromatic amines is 1. The van der Waals surface area contributed by atoms with E-state index in [0.717, 1.165) is 25.1 Å². The maximum absolute atomic E-state index is 11.4. The first-order valence-electron chi connectivity index (χ1n) is 4.81. The fourth-order valence-electron chi connectivity index (χ4n) is 1.98. The summed E-state index contributed by atoms with van der Waals surface area (Å²) in [6, 6.07) is 4.12. The molecule has 1 aliphatic heterocycles. The molecule has 0 saturated carbocycles. The molecule has 1 N–H and O–H groups in total. The Hall–Kier alpha value is -1.45. The highest BCUT2D eigenvalue weighted by atomic mass is 16.5. The topological polar surface area (TPSA) is 45.3 Å². The van der Waals surface area contributed by atoms with Crippen molar-refractivity contribution in [2.24, 2.45) is 0 Å². The van der Waals surface area contributed by atoms with Crippen LogP contribution in [-0.2, 0) is 4.74 Å². The molecule has 1 amide bonds. The van der Waals surface area contributed by atoms with E-state index in [9.17, 15) is 4.79 Å². The van der Waals surface area contributed by atoms with E-state index < -0.39 is 0 Å². The summed E-state index contributed by atoms with van der Waals surface area (Å²) < 4.78 is 4.74. The fourth-order valence-corrected chi connectivity index (χ4v) is 1.98. The van der Waals surface area contributed by atoms with Gasteiger partial charge >= 0.3 is 6.09 Å². The molecule has 0 aromatic carbocycles. The van der Waals surface area contributed by atoms with E-state index in [4.69, 9.17) is 4.74 Å². The molecule has 1 fully saturated rings. The Morgan fingerprint density at radius 3 is 3.21 bits per heavy atom. The van der Waals surface area contributed by atoms with E-state index >= 15 is 0 Å². The highest BCUT2D eigenvalue weighted by molar-refractivity contribution is 5.68. The maximum Gasteiger partial charge on any atom is 0.410 e. The molecule has 0 radical (unpaired) electrons. The van der Waals surface area contributed by atoms with E-state index in [2.05, 4.69) is 4.98 Å². The van der Waals surface area contributed by atoms with Gasteiger partial charge in [-0.25, -0.2) is 4.79 Å². The van der Waals surface area contributed by atoms with E-state index in [1.54, 1.807) is 4.90 Å². The van der Waals surface area contributed by atoms with Crippen LogP contribution in [0.4, 0.5) is 4.79 Å². The van der Waals surface area contributed by atoms with Crippen molar-refractivity contribution < 1.29 is 9.53 Å². The second-order valence-corrected chi connectivity index (χ2v) is 3.45. The first-order valence-corrected chi connectivity index (χ1v) is 4.81. The predicted molar refractivity (Wildman–Crippen MR) is 51.9 cm³/mol. The Morgan fingerprint density at radius 1 is 1.71 bits per heavy atom. The van der Waals surface area contributed by atoms with Gasteiger partial charge in [0, 0.05) is 18.4 Å². The monoisotopic (exact) mass is 194 g/mol. The molecule has 2 heterocycles. The van der Waals surface area contributed by atoms with Crippen molar-refractivity contribution >= 4 is 6.09 Å². The predicted octanol–water partition coefficient (Wildman–Crippen LogP) is 1.92. The standard InChI is InChI=1S/C10H14N2O2/c1-14-10(13)12-7-3-5-9(12)8-4-2-6-11-8/h2,4,6,9,11H,3,5,7H2,1H3. The first-order chi connectivity index (χ1) is 6.83. The number of carbonyl (C=O) groups is 1. The van der Waals surface area contributed by atoms with Gasteiger partial charge in [0.25, 0.3) is 0 Å². The summed E-state index contributed by atoms with van der Waals surface area (Å²) >= 11 is 0. The summed E-state index contributed by atoms with van der Waals surface area (Å²) in [6.45, 7) is 0.788. The Morgan fingerprint density at radius 2 is 2.57 bits per heavy atom. The van der Waals surface area contributed by atoms with Gasteiger partial charge in [-0.15, -0.1) is 0 Å². The third-order valence-corrected chi connectivity index (χ3v) is 2.64. The number of nitrogens with zero attached hydrogens (tertiary/aromatic N) is 1. The number of likely N-dealkylation sites (tertiary alicyclic amines) is 1. The van der Waals surface area contributed by atoms with Crippen LogP contribution in [0.15, 0.2) is 18.3 Å². The summed E-state index contributed by atoms with van der Waals surface area (Å²) in [5.41, 5.74) is 1.09. The zero-order valence-corrected chi connectivity index (χ0v) is 8.19. The molecule has 76 valence electrons. The minimum absolute atomic E-state index is 0.164. The largest absolute Gasteiger partial charge is 0.453 e. The van der Waals surface area contributed by atoms with Crippen LogP contribution in [0.5, 0.6) is 0 Å². The molecule has 1 aromatic heterocycles. The molecule has 0 spiro atoms. The highest BCUT2D eigenvalue weighted by Crippen LogP contribution is 2.30. The molecule has 14 heavy (non-hydrogen) atoms. The molecule has 2 rings (SSSR count). The number of rotatable bonds is 1. The Labute approximate surface area is 82.9 Å². The summed E-state index contributed by atoms with van der Waals surface area (Å²) in [7, 11) is 1.42. The lowest BCUT2D eigenvalue weighted by atomic mass is 10.1. The van der Waals surface area contributed by atoms with Crippen LogP contribution in [0.25, 0.3) is 0 Å². The lowest BCUT2D eigenvalue weighted by molar-refractivity contribution is 0.118. The number of nitrogens with one attached hydrogen (secondary N) is 1. The van der Waals surface area contributed by atoms with Crippen molar-refractivity contribution in [1.29, 1.82) is 0 Å². The van der Waals surface area contributed by atoms with Crippen LogP contribution >= 0.6 is 0 Å². The Bertz CT molecular complexity index is 308. The van der Waals surface area contributed by atoms with Crippen LogP contribution in [-0.4, -0.2) is 29.6 Å². The SMILES string of the molecule is COC(=O)N1CCCC1c1ccc[nH]1. The number of methoxy groups -OCH3 is 1. The lowest BCUT2D eigenvalue weighted by Crippen LogP contribution is -2.30. The van der Waals surface area contributed by atoms with Crippen molar-refractivity contribution in [3.63, 3.8) is 0 Å². The number of hydrogen-bond donors (Lipinski definition) is 1. The van der Waals surface area contributed by atoms with Gasteiger partial charge in [0.1, 0.15) is 0 Å². The molecule has 0 aliphatic carbocycles. The van der Waals surface area contributed by atoms with Gasteiger partial charge in [0.05, 0.1) is 13.2 Å². The molecule has 0 bridgehead atoms. The molecule has 1 atom stereocenters. The molecular formula is C10H14N2O2. The minimum atomic E-state index is -0.234.